The van der Waals surface area contributed by atoms with Gasteiger partial charge >= 0.3 is 18.0 Å². The van der Waals surface area contributed by atoms with Crippen LogP contribution in [0.4, 0.5) is 31.5 Å². The van der Waals surface area contributed by atoms with Gasteiger partial charge in [-0.3, -0.25) is 4.79 Å². The number of hydrogen-bond donors (Lipinski definition) is 2. The Bertz CT molecular complexity index is 670. The molecule has 11 heteroatoms. The Balaban J connectivity index is 2.47. The summed E-state index contributed by atoms with van der Waals surface area (Å²) in [6.07, 6.45) is -10.7. The number of benzene rings is 1. The van der Waals surface area contributed by atoms with Gasteiger partial charge in [-0.2, -0.15) is 26.3 Å². The highest BCUT2D eigenvalue weighted by Crippen LogP contribution is 2.43. The first kappa shape index (κ1) is 18.0. The number of rotatable bonds is 4. The Morgan fingerprint density at radius 3 is 2.04 bits per heavy atom. The number of amides is 1. The van der Waals surface area contributed by atoms with Crippen molar-refractivity contribution >= 4 is 22.4 Å². The van der Waals surface area contributed by atoms with E-state index in [9.17, 15) is 31.1 Å². The molecule has 1 amide bonds. The van der Waals surface area contributed by atoms with E-state index in [-0.39, 0.29) is 5.56 Å². The third kappa shape index (κ3) is 3.45. The minimum atomic E-state index is -5.87. The number of alkyl halides is 6. The minimum Gasteiger partial charge on any atom is -0.324 e. The van der Waals surface area contributed by atoms with Crippen molar-refractivity contribution in [1.29, 1.82) is 0 Å². The quantitative estimate of drug-likeness (QED) is 0.637. The van der Waals surface area contributed by atoms with Gasteiger partial charge < -0.3 is 10.6 Å². The molecule has 2 aromatic rings. The number of nitrogens with one attached hydrogen (secondary N) is 2. The summed E-state index contributed by atoms with van der Waals surface area (Å²) in [7, 11) is 0. The third-order valence-electron chi connectivity index (χ3n) is 2.91. The van der Waals surface area contributed by atoms with Crippen LogP contribution >= 0.6 is 11.3 Å². The van der Waals surface area contributed by atoms with Crippen LogP contribution in [-0.4, -0.2) is 28.9 Å². The molecule has 1 aromatic carbocycles. The van der Waals surface area contributed by atoms with E-state index < -0.39 is 29.1 Å². The molecule has 1 aromatic heterocycles. The van der Waals surface area contributed by atoms with Gasteiger partial charge in [-0.05, 0) is 12.1 Å². The first-order valence-electron chi connectivity index (χ1n) is 6.25. The van der Waals surface area contributed by atoms with Gasteiger partial charge in [-0.1, -0.05) is 18.2 Å². The van der Waals surface area contributed by atoms with Crippen LogP contribution < -0.4 is 10.6 Å². The van der Waals surface area contributed by atoms with Crippen LogP contribution in [0, 0.1) is 0 Å². The van der Waals surface area contributed by atoms with Crippen LogP contribution in [0.3, 0.4) is 0 Å². The maximum absolute atomic E-state index is 13.3. The lowest BCUT2D eigenvalue weighted by Crippen LogP contribution is -2.72. The summed E-state index contributed by atoms with van der Waals surface area (Å²) in [6.45, 7) is 0. The van der Waals surface area contributed by atoms with Crippen LogP contribution in [0.25, 0.3) is 0 Å². The molecule has 0 saturated carbocycles. The van der Waals surface area contributed by atoms with Gasteiger partial charge in [0.2, 0.25) is 0 Å². The van der Waals surface area contributed by atoms with Crippen LogP contribution in [0.2, 0.25) is 0 Å². The SMILES string of the molecule is O=C(NC(Nc1nccs1)(C(F)(F)F)C(F)(F)F)c1ccccc1. The second-order valence-corrected chi connectivity index (χ2v) is 5.42. The first-order chi connectivity index (χ1) is 11.1. The number of nitrogens with zero attached hydrogens (tertiary/aromatic N) is 1. The smallest absolute Gasteiger partial charge is 0.324 e. The van der Waals surface area contributed by atoms with Crippen LogP contribution in [-0.2, 0) is 0 Å². The van der Waals surface area contributed by atoms with Gasteiger partial charge in [0, 0.05) is 17.1 Å². The highest BCUT2D eigenvalue weighted by Gasteiger charge is 2.73. The molecule has 24 heavy (non-hydrogen) atoms. The molecule has 0 fully saturated rings. The number of carbonyl (C=O) groups is 1. The molecule has 0 aliphatic rings. The molecule has 0 atom stereocenters. The highest BCUT2D eigenvalue weighted by atomic mass is 32.1. The van der Waals surface area contributed by atoms with Crippen molar-refractivity contribution in [3.8, 4) is 0 Å². The van der Waals surface area contributed by atoms with Gasteiger partial charge in [-0.15, -0.1) is 11.3 Å². The predicted molar refractivity (Wildman–Crippen MR) is 74.5 cm³/mol. The van der Waals surface area contributed by atoms with E-state index in [0.717, 1.165) is 23.6 Å². The fourth-order valence-corrected chi connectivity index (χ4v) is 2.34. The van der Waals surface area contributed by atoms with E-state index in [2.05, 4.69) is 4.98 Å². The molecule has 0 saturated heterocycles. The van der Waals surface area contributed by atoms with Crippen LogP contribution in [0.5, 0.6) is 0 Å². The Kier molecular flexibility index (Phi) is 4.74. The summed E-state index contributed by atoms with van der Waals surface area (Å²) in [4.78, 5) is 15.3. The van der Waals surface area contributed by atoms with E-state index >= 15 is 0 Å². The van der Waals surface area contributed by atoms with Crippen molar-refractivity contribution in [3.63, 3.8) is 0 Å². The van der Waals surface area contributed by atoms with Gasteiger partial charge in [0.1, 0.15) is 0 Å². The van der Waals surface area contributed by atoms with Crippen molar-refractivity contribution in [2.75, 3.05) is 5.32 Å². The van der Waals surface area contributed by atoms with Crippen LogP contribution in [0.1, 0.15) is 10.4 Å². The van der Waals surface area contributed by atoms with Gasteiger partial charge in [-0.25, -0.2) is 4.98 Å². The summed E-state index contributed by atoms with van der Waals surface area (Å²) >= 11 is 0.531. The lowest BCUT2D eigenvalue weighted by Gasteiger charge is -2.38. The highest BCUT2D eigenvalue weighted by molar-refractivity contribution is 7.13. The van der Waals surface area contributed by atoms with E-state index in [0.29, 0.717) is 11.3 Å². The molecule has 0 spiro atoms. The van der Waals surface area contributed by atoms with Gasteiger partial charge in [0.25, 0.3) is 5.91 Å². The number of anilines is 1. The second-order valence-electron chi connectivity index (χ2n) is 4.53. The van der Waals surface area contributed by atoms with E-state index in [1.54, 1.807) is 0 Å². The second kappa shape index (κ2) is 6.30. The van der Waals surface area contributed by atoms with Crippen molar-refractivity contribution < 1.29 is 31.1 Å². The zero-order valence-electron chi connectivity index (χ0n) is 11.6. The van der Waals surface area contributed by atoms with E-state index in [1.807, 2.05) is 0 Å². The zero-order valence-corrected chi connectivity index (χ0v) is 12.4. The van der Waals surface area contributed by atoms with Gasteiger partial charge in [0.15, 0.2) is 5.13 Å². The minimum absolute atomic E-state index is 0.351. The monoisotopic (exact) mass is 369 g/mol. The Morgan fingerprint density at radius 1 is 1.00 bits per heavy atom. The molecule has 2 N–H and O–H groups in total. The fourth-order valence-electron chi connectivity index (χ4n) is 1.75. The van der Waals surface area contributed by atoms with Crippen molar-refractivity contribution in [2.45, 2.75) is 18.0 Å². The molecule has 0 radical (unpaired) electrons. The molecule has 4 nitrogen and oxygen atoms in total. The zero-order chi connectivity index (χ0) is 18.0. The number of halogens is 6. The summed E-state index contributed by atoms with van der Waals surface area (Å²) in [6, 6.07) is 6.27. The normalized spacial score (nSPS) is 12.8. The molecule has 0 bridgehead atoms. The molecule has 0 unspecified atom stereocenters. The molecular formula is C13H9F6N3OS. The summed E-state index contributed by atoms with van der Waals surface area (Å²) in [5.74, 6) is -1.53. The molecule has 0 aliphatic heterocycles. The Hall–Kier alpha value is -2.30. The molecule has 130 valence electrons. The summed E-state index contributed by atoms with van der Waals surface area (Å²) in [5.41, 5.74) is -5.03. The lowest BCUT2D eigenvalue weighted by atomic mass is 10.1. The predicted octanol–water partition coefficient (Wildman–Crippen LogP) is 3.81. The van der Waals surface area contributed by atoms with Crippen molar-refractivity contribution in [2.24, 2.45) is 0 Å². The molecule has 0 aliphatic carbocycles. The first-order valence-corrected chi connectivity index (χ1v) is 7.13. The third-order valence-corrected chi connectivity index (χ3v) is 3.60. The van der Waals surface area contributed by atoms with Crippen molar-refractivity contribution in [3.05, 3.63) is 47.5 Å². The van der Waals surface area contributed by atoms with E-state index in [4.69, 9.17) is 0 Å². The Morgan fingerprint density at radius 2 is 1.58 bits per heavy atom. The number of aromatic nitrogens is 1. The number of carbonyl (C=O) groups excluding carboxylic acids is 1. The lowest BCUT2D eigenvalue weighted by molar-refractivity contribution is -0.294. The fraction of sp³-hybridized carbons (Fsp3) is 0.231. The molecular weight excluding hydrogens is 360 g/mol. The van der Waals surface area contributed by atoms with E-state index in [1.165, 1.54) is 28.9 Å². The summed E-state index contributed by atoms with van der Waals surface area (Å²) < 4.78 is 79.9. The van der Waals surface area contributed by atoms with Crippen LogP contribution in [0.15, 0.2) is 41.9 Å². The average Bonchev–Trinajstić information content (AvgIpc) is 2.98. The number of hydrogen-bond acceptors (Lipinski definition) is 4. The average molecular weight is 369 g/mol. The number of thiazole rings is 1. The molecule has 1 heterocycles. The maximum atomic E-state index is 13.3. The van der Waals surface area contributed by atoms with Crippen molar-refractivity contribution in [1.82, 2.24) is 10.3 Å². The molecule has 2 rings (SSSR count). The Labute approximate surface area is 135 Å². The largest absolute Gasteiger partial charge is 0.439 e. The summed E-state index contributed by atoms with van der Waals surface area (Å²) in [5, 5.41) is 2.86. The maximum Gasteiger partial charge on any atom is 0.439 e. The topological polar surface area (TPSA) is 54.0 Å². The van der Waals surface area contributed by atoms with Gasteiger partial charge in [0.05, 0.1) is 0 Å². The standard InChI is InChI=1S/C13H9F6N3OS/c14-12(15,16)11(13(17,18)19,22-10-20-6-7-24-10)21-9(23)8-4-2-1-3-5-8/h1-7H,(H,20,22)(H,21,23).